The van der Waals surface area contributed by atoms with Gasteiger partial charge in [0.25, 0.3) is 0 Å². The normalized spacial score (nSPS) is 36.5. The maximum atomic E-state index is 12.3. The number of β-lactam (4-membered cyclic amide) rings is 1. The molecule has 0 saturated carbocycles. The highest BCUT2D eigenvalue weighted by atomic mass is 32.2. The van der Waals surface area contributed by atoms with Crippen LogP contribution in [0.1, 0.15) is 20.3 Å². The first-order valence-electron chi connectivity index (χ1n) is 7.92. The Kier molecular flexibility index (Phi) is 4.35. The minimum absolute atomic E-state index is 0.0157. The monoisotopic (exact) mass is 355 g/mol. The Morgan fingerprint density at radius 3 is 2.62 bits per heavy atom. The first-order chi connectivity index (χ1) is 11.2. The summed E-state index contributed by atoms with van der Waals surface area (Å²) in [5, 5.41) is 22.4. The van der Waals surface area contributed by atoms with Gasteiger partial charge in [-0.25, -0.2) is 4.79 Å². The number of hydrogen-bond donors (Lipinski definition) is 4. The van der Waals surface area contributed by atoms with Gasteiger partial charge in [0.05, 0.1) is 24.1 Å². The van der Waals surface area contributed by atoms with Crippen molar-refractivity contribution >= 4 is 29.5 Å². The van der Waals surface area contributed by atoms with Gasteiger partial charge >= 0.3 is 5.97 Å². The zero-order valence-corrected chi connectivity index (χ0v) is 14.2. The van der Waals surface area contributed by atoms with Gasteiger partial charge in [0, 0.05) is 22.6 Å². The minimum Gasteiger partial charge on any atom is -0.477 e. The molecule has 5 unspecified atom stereocenters. The molecule has 2 saturated heterocycles. The SMILES string of the molecule is CC(O)C1C(=O)N2C(C(=O)O)=C(SC3CNC(C(N)=O)C3)C(C)[C@H]12. The molecule has 3 aliphatic rings. The van der Waals surface area contributed by atoms with Crippen LogP contribution < -0.4 is 11.1 Å². The van der Waals surface area contributed by atoms with Crippen LogP contribution in [0.25, 0.3) is 0 Å². The second kappa shape index (κ2) is 6.05. The lowest BCUT2D eigenvalue weighted by molar-refractivity contribution is -0.163. The van der Waals surface area contributed by atoms with E-state index in [2.05, 4.69) is 5.32 Å². The molecule has 6 atom stereocenters. The topological polar surface area (TPSA) is 133 Å². The van der Waals surface area contributed by atoms with Gasteiger partial charge in [-0.15, -0.1) is 11.8 Å². The van der Waals surface area contributed by atoms with E-state index in [0.717, 1.165) is 0 Å². The molecule has 3 heterocycles. The molecular weight excluding hydrogens is 334 g/mol. The van der Waals surface area contributed by atoms with E-state index in [1.807, 2.05) is 6.92 Å². The maximum absolute atomic E-state index is 12.3. The van der Waals surface area contributed by atoms with E-state index >= 15 is 0 Å². The largest absolute Gasteiger partial charge is 0.477 e. The standard InChI is InChI=1S/C15H21N3O5S/c1-5-10-9(6(2)19)14(21)18(10)11(15(22)23)12(5)24-7-3-8(13(16)20)17-4-7/h5-10,17,19H,3-4H2,1-2H3,(H2,16,20)(H,22,23)/t5?,6?,7?,8?,9?,10-/m1/s1. The maximum Gasteiger partial charge on any atom is 0.353 e. The van der Waals surface area contributed by atoms with Crippen molar-refractivity contribution in [3.05, 3.63) is 10.6 Å². The number of fused-ring (bicyclic) bond motifs is 1. The van der Waals surface area contributed by atoms with Crippen LogP contribution in [0.2, 0.25) is 0 Å². The molecule has 132 valence electrons. The van der Waals surface area contributed by atoms with Crippen molar-refractivity contribution < 1.29 is 24.6 Å². The number of aliphatic carboxylic acids is 1. The summed E-state index contributed by atoms with van der Waals surface area (Å²) in [6.07, 6.45) is -0.283. The summed E-state index contributed by atoms with van der Waals surface area (Å²) in [5.74, 6) is -2.62. The first-order valence-corrected chi connectivity index (χ1v) is 8.80. The number of carboxylic acid groups (broad SMARTS) is 1. The lowest BCUT2D eigenvalue weighted by Gasteiger charge is -2.46. The Balaban J connectivity index is 1.83. The van der Waals surface area contributed by atoms with Gasteiger partial charge in [-0.2, -0.15) is 0 Å². The van der Waals surface area contributed by atoms with Crippen LogP contribution in [0.15, 0.2) is 10.6 Å². The molecule has 9 heteroatoms. The van der Waals surface area contributed by atoms with Crippen molar-refractivity contribution in [3.63, 3.8) is 0 Å². The van der Waals surface area contributed by atoms with Gasteiger partial charge in [-0.1, -0.05) is 6.92 Å². The van der Waals surface area contributed by atoms with E-state index in [0.29, 0.717) is 17.9 Å². The smallest absolute Gasteiger partial charge is 0.353 e. The molecule has 0 spiro atoms. The summed E-state index contributed by atoms with van der Waals surface area (Å²) in [6.45, 7) is 3.99. The number of aliphatic hydroxyl groups is 1. The average Bonchev–Trinajstić information content (AvgIpc) is 3.03. The van der Waals surface area contributed by atoms with Crippen LogP contribution in [0.4, 0.5) is 0 Å². The molecule has 2 amide bonds. The second-order valence-electron chi connectivity index (χ2n) is 6.61. The van der Waals surface area contributed by atoms with Crippen molar-refractivity contribution in [2.75, 3.05) is 6.54 Å². The fraction of sp³-hybridized carbons (Fsp3) is 0.667. The molecule has 3 aliphatic heterocycles. The van der Waals surface area contributed by atoms with Crippen molar-refractivity contribution in [2.24, 2.45) is 17.6 Å². The van der Waals surface area contributed by atoms with E-state index in [4.69, 9.17) is 5.73 Å². The third-order valence-electron chi connectivity index (χ3n) is 5.04. The molecule has 0 bridgehead atoms. The summed E-state index contributed by atoms with van der Waals surface area (Å²) in [6, 6.07) is -0.718. The Hall–Kier alpha value is -1.58. The number of aliphatic hydroxyl groups excluding tert-OH is 1. The van der Waals surface area contributed by atoms with E-state index in [9.17, 15) is 24.6 Å². The first kappa shape index (κ1) is 17.2. The van der Waals surface area contributed by atoms with Crippen molar-refractivity contribution in [2.45, 2.75) is 43.7 Å². The van der Waals surface area contributed by atoms with Crippen molar-refractivity contribution in [1.29, 1.82) is 0 Å². The number of carbonyl (C=O) groups excluding carboxylic acids is 2. The van der Waals surface area contributed by atoms with Gasteiger partial charge in [-0.05, 0) is 13.3 Å². The Bertz CT molecular complexity index is 635. The third-order valence-corrected chi connectivity index (χ3v) is 6.55. The van der Waals surface area contributed by atoms with Crippen LogP contribution in [-0.4, -0.2) is 62.9 Å². The quantitative estimate of drug-likeness (QED) is 0.469. The summed E-state index contributed by atoms with van der Waals surface area (Å²) in [7, 11) is 0. The molecule has 0 aromatic rings. The minimum atomic E-state index is -1.14. The molecule has 3 rings (SSSR count). The number of nitrogens with two attached hydrogens (primary N) is 1. The van der Waals surface area contributed by atoms with Crippen LogP contribution >= 0.6 is 11.8 Å². The zero-order chi connectivity index (χ0) is 17.8. The van der Waals surface area contributed by atoms with E-state index < -0.39 is 29.9 Å². The summed E-state index contributed by atoms with van der Waals surface area (Å²) in [5.41, 5.74) is 5.31. The van der Waals surface area contributed by atoms with E-state index in [-0.39, 0.29) is 28.8 Å². The highest BCUT2D eigenvalue weighted by Gasteiger charge is 2.60. The van der Waals surface area contributed by atoms with Crippen LogP contribution in [0, 0.1) is 11.8 Å². The molecule has 24 heavy (non-hydrogen) atoms. The molecular formula is C15H21N3O5S. The Morgan fingerprint density at radius 2 is 2.12 bits per heavy atom. The number of thioether (sulfide) groups is 1. The highest BCUT2D eigenvalue weighted by molar-refractivity contribution is 8.03. The molecule has 0 aliphatic carbocycles. The van der Waals surface area contributed by atoms with Gasteiger partial charge in [0.2, 0.25) is 11.8 Å². The Labute approximate surface area is 143 Å². The summed E-state index contributed by atoms with van der Waals surface area (Å²) < 4.78 is 0. The number of primary amides is 1. The predicted molar refractivity (Wildman–Crippen MR) is 86.6 cm³/mol. The van der Waals surface area contributed by atoms with Gasteiger partial charge in [-0.3, -0.25) is 9.59 Å². The summed E-state index contributed by atoms with van der Waals surface area (Å²) >= 11 is 1.40. The number of carboxylic acids is 1. The number of rotatable bonds is 5. The molecule has 8 nitrogen and oxygen atoms in total. The van der Waals surface area contributed by atoms with E-state index in [1.54, 1.807) is 6.92 Å². The van der Waals surface area contributed by atoms with Crippen LogP contribution in [-0.2, 0) is 14.4 Å². The third kappa shape index (κ3) is 2.51. The van der Waals surface area contributed by atoms with Crippen molar-refractivity contribution in [3.8, 4) is 0 Å². The second-order valence-corrected chi connectivity index (χ2v) is 7.95. The average molecular weight is 355 g/mol. The summed E-state index contributed by atoms with van der Waals surface area (Å²) in [4.78, 5) is 37.2. The fourth-order valence-electron chi connectivity index (χ4n) is 3.87. The predicted octanol–water partition coefficient (Wildman–Crippen LogP) is -0.911. The van der Waals surface area contributed by atoms with Gasteiger partial charge < -0.3 is 26.2 Å². The molecule has 0 aromatic heterocycles. The van der Waals surface area contributed by atoms with Gasteiger partial charge in [0.15, 0.2) is 0 Å². The van der Waals surface area contributed by atoms with Crippen LogP contribution in [0.5, 0.6) is 0 Å². The molecule has 0 aromatic carbocycles. The number of amides is 2. The highest BCUT2D eigenvalue weighted by Crippen LogP contribution is 2.51. The van der Waals surface area contributed by atoms with Gasteiger partial charge in [0.1, 0.15) is 5.70 Å². The Morgan fingerprint density at radius 1 is 1.46 bits per heavy atom. The number of nitrogens with one attached hydrogen (secondary N) is 1. The molecule has 5 N–H and O–H groups in total. The number of carbonyl (C=O) groups is 3. The molecule has 0 radical (unpaired) electrons. The van der Waals surface area contributed by atoms with E-state index in [1.165, 1.54) is 16.7 Å². The lowest BCUT2D eigenvalue weighted by atomic mass is 9.79. The fourth-order valence-corrected chi connectivity index (χ4v) is 5.35. The number of nitrogens with zero attached hydrogens (tertiary/aromatic N) is 1. The molecule has 2 fully saturated rings. The lowest BCUT2D eigenvalue weighted by Crippen LogP contribution is -2.63. The number of hydrogen-bond acceptors (Lipinski definition) is 6. The van der Waals surface area contributed by atoms with Crippen LogP contribution in [0.3, 0.4) is 0 Å². The van der Waals surface area contributed by atoms with Crippen molar-refractivity contribution in [1.82, 2.24) is 10.2 Å². The zero-order valence-electron chi connectivity index (χ0n) is 13.4.